The predicted octanol–water partition coefficient (Wildman–Crippen LogP) is 8.01. The third-order valence-corrected chi connectivity index (χ3v) is 13.5. The number of rotatable bonds is 12. The Balaban J connectivity index is 0.936. The zero-order chi connectivity index (χ0) is 45.4. The van der Waals surface area contributed by atoms with Gasteiger partial charge in [-0.2, -0.15) is 0 Å². The molecule has 0 radical (unpaired) electrons. The second-order valence-electron chi connectivity index (χ2n) is 18.9. The van der Waals surface area contributed by atoms with E-state index in [4.69, 9.17) is 19.4 Å². The second-order valence-corrected chi connectivity index (χ2v) is 18.9. The number of imidazole rings is 2. The van der Waals surface area contributed by atoms with Gasteiger partial charge in [-0.05, 0) is 89.4 Å². The van der Waals surface area contributed by atoms with Gasteiger partial charge >= 0.3 is 12.1 Å². The Bertz CT molecular complexity index is 2480. The summed E-state index contributed by atoms with van der Waals surface area (Å²) in [5, 5.41) is 2.73. The average Bonchev–Trinajstić information content (AvgIpc) is 4.15. The summed E-state index contributed by atoms with van der Waals surface area (Å²) in [5.41, 5.74) is 7.95. The van der Waals surface area contributed by atoms with Crippen molar-refractivity contribution < 1.29 is 28.7 Å². The average molecular weight is 871 g/mol. The van der Waals surface area contributed by atoms with E-state index in [1.165, 1.54) is 14.2 Å². The number of methoxy groups -OCH3 is 2. The highest BCUT2D eigenvalue weighted by atomic mass is 16.5. The Morgan fingerprint density at radius 1 is 0.703 bits per heavy atom. The zero-order valence-corrected chi connectivity index (χ0v) is 38.3. The first-order valence-electron chi connectivity index (χ1n) is 22.8. The van der Waals surface area contributed by atoms with Crippen molar-refractivity contribution >= 4 is 34.9 Å². The topological polar surface area (TPSA) is 166 Å². The fourth-order valence-electron chi connectivity index (χ4n) is 10.1. The summed E-state index contributed by atoms with van der Waals surface area (Å²) in [5.74, 6) is 1.68. The van der Waals surface area contributed by atoms with E-state index < -0.39 is 12.1 Å². The maximum atomic E-state index is 14.3. The predicted molar refractivity (Wildman–Crippen MR) is 246 cm³/mol. The minimum atomic E-state index is -0.700. The maximum absolute atomic E-state index is 14.3. The van der Waals surface area contributed by atoms with Crippen molar-refractivity contribution in [3.63, 3.8) is 0 Å². The van der Waals surface area contributed by atoms with Gasteiger partial charge in [-0.15, -0.1) is 0 Å². The highest BCUT2D eigenvalue weighted by Crippen LogP contribution is 2.39. The quantitative estimate of drug-likeness (QED) is 0.105. The Hall–Kier alpha value is -6.02. The maximum Gasteiger partial charge on any atom is 0.407 e. The molecule has 8 rings (SSSR count). The smallest absolute Gasteiger partial charge is 0.407 e. The van der Waals surface area contributed by atoms with Crippen LogP contribution in [0.25, 0.3) is 44.5 Å². The summed E-state index contributed by atoms with van der Waals surface area (Å²) in [6.45, 7) is 14.8. The Labute approximate surface area is 375 Å². The molecule has 2 aromatic heterocycles. The number of carbonyl (C=O) groups excluding carboxylic acids is 4. The van der Waals surface area contributed by atoms with Gasteiger partial charge in [0.05, 0.1) is 61.2 Å². The number of nitrogens with zero attached hydrogens (tertiary/aromatic N) is 5. The fourth-order valence-corrected chi connectivity index (χ4v) is 10.1. The summed E-state index contributed by atoms with van der Waals surface area (Å²) in [6, 6.07) is 21.8. The van der Waals surface area contributed by atoms with Gasteiger partial charge in [-0.1, -0.05) is 96.1 Å². The summed E-state index contributed by atoms with van der Waals surface area (Å²) in [4.78, 5) is 75.3. The van der Waals surface area contributed by atoms with Crippen molar-refractivity contribution in [2.75, 3.05) is 40.4 Å². The normalized spacial score (nSPS) is 22.4. The number of hydrogen-bond donors (Lipinski definition) is 3. The van der Waals surface area contributed by atoms with Crippen LogP contribution in [0.4, 0.5) is 4.79 Å². The van der Waals surface area contributed by atoms with Crippen LogP contribution in [-0.2, 0) is 23.9 Å². The third kappa shape index (κ3) is 9.02. The molecule has 14 nitrogen and oxygen atoms in total. The molecular weight excluding hydrogens is 809 g/mol. The number of benzene rings is 3. The number of aromatic nitrogens is 4. The lowest BCUT2D eigenvalue weighted by molar-refractivity contribution is -0.146. The Morgan fingerprint density at radius 3 is 1.88 bits per heavy atom. The van der Waals surface area contributed by atoms with Crippen molar-refractivity contribution in [1.82, 2.24) is 40.0 Å². The van der Waals surface area contributed by atoms with E-state index in [0.717, 1.165) is 69.0 Å². The molecule has 3 N–H and O–H groups in total. The molecule has 3 aromatic carbocycles. The molecule has 0 aliphatic carbocycles. The van der Waals surface area contributed by atoms with E-state index in [9.17, 15) is 19.2 Å². The molecule has 3 aliphatic rings. The van der Waals surface area contributed by atoms with Crippen LogP contribution in [0.1, 0.15) is 84.5 Å². The molecule has 5 aromatic rings. The van der Waals surface area contributed by atoms with Gasteiger partial charge < -0.3 is 34.6 Å². The lowest BCUT2D eigenvalue weighted by Gasteiger charge is -2.35. The molecule has 7 atom stereocenters. The van der Waals surface area contributed by atoms with Crippen molar-refractivity contribution in [3.05, 3.63) is 84.6 Å². The van der Waals surface area contributed by atoms with E-state index in [2.05, 4.69) is 109 Å². The molecule has 14 heteroatoms. The molecule has 3 saturated heterocycles. The largest absolute Gasteiger partial charge is 0.469 e. The van der Waals surface area contributed by atoms with Gasteiger partial charge in [0.2, 0.25) is 11.8 Å². The van der Waals surface area contributed by atoms with Crippen LogP contribution in [0.2, 0.25) is 0 Å². The van der Waals surface area contributed by atoms with Crippen LogP contribution in [0.15, 0.2) is 72.9 Å². The van der Waals surface area contributed by atoms with E-state index in [1.54, 1.807) is 0 Å². The lowest BCUT2D eigenvalue weighted by Crippen LogP contribution is -2.51. The van der Waals surface area contributed by atoms with Crippen LogP contribution in [0.3, 0.4) is 0 Å². The number of nitrogens with one attached hydrogen (secondary N) is 3. The summed E-state index contributed by atoms with van der Waals surface area (Å²) in [6.07, 6.45) is 3.55. The number of ether oxygens (including phenoxy) is 2. The van der Waals surface area contributed by atoms with E-state index >= 15 is 0 Å². The van der Waals surface area contributed by atoms with Crippen molar-refractivity contribution in [2.45, 2.75) is 85.0 Å². The van der Waals surface area contributed by atoms with Crippen LogP contribution < -0.4 is 5.32 Å². The highest BCUT2D eigenvalue weighted by Gasteiger charge is 2.44. The molecular formula is C50H62N8O6. The minimum absolute atomic E-state index is 0.0879. The number of fused-ring (bicyclic) bond motifs is 1. The molecule has 0 saturated carbocycles. The monoisotopic (exact) mass is 870 g/mol. The first kappa shape index (κ1) is 44.6. The second kappa shape index (κ2) is 18.6. The van der Waals surface area contributed by atoms with Crippen LogP contribution in [0, 0.1) is 29.6 Å². The number of amides is 3. The Kier molecular flexibility index (Phi) is 13.0. The van der Waals surface area contributed by atoms with Gasteiger partial charge in [0.1, 0.15) is 17.7 Å². The van der Waals surface area contributed by atoms with E-state index in [-0.39, 0.29) is 59.6 Å². The van der Waals surface area contributed by atoms with Gasteiger partial charge in [0.15, 0.2) is 0 Å². The molecule has 3 aliphatic heterocycles. The molecule has 1 unspecified atom stereocenters. The van der Waals surface area contributed by atoms with Gasteiger partial charge in [-0.25, -0.2) is 14.8 Å². The standard InChI is InChI=1S/C50H62N8O6/c1-28(2)43(55-50(62)64-8)47(59)57-25-31(6)22-42(57)46-52-38-18-17-36(23-39(38)53-46)34-11-9-32(10-12-34)33-13-15-35(16-14-33)40-24-51-45(54-40)41-21-30(5)26-58(41)48(60)44(29(3)4)56-20-19-37(27-56)49(61)63-7/h9-18,23-24,28-31,37,41-44H,19-22,25-27H2,1-8H3,(H,51,54)(H,52,53)(H,55,62)/t30-,31-,37?,41+,42-,43-,44-/m0/s1. The molecule has 0 bridgehead atoms. The van der Waals surface area contributed by atoms with Crippen molar-refractivity contribution in [1.29, 1.82) is 0 Å². The molecule has 64 heavy (non-hydrogen) atoms. The number of alkyl carbamates (subject to hydrolysis) is 1. The first-order valence-corrected chi connectivity index (χ1v) is 22.8. The van der Waals surface area contributed by atoms with E-state index in [1.807, 2.05) is 35.9 Å². The number of hydrogen-bond acceptors (Lipinski definition) is 9. The SMILES string of the molecule is COC(=O)N[C@H](C(=O)N1C[C@@H](C)C[C@H]1c1nc2ccc(-c3ccc(-c4ccc(-c5cnc([C@H]6C[C@H](C)CN6C(=O)[C@H](C(C)C)N6CCC(C(=O)OC)C6)[nH]5)cc4)cc3)cc2[nH]1)C(C)C. The van der Waals surface area contributed by atoms with E-state index in [0.29, 0.717) is 38.5 Å². The number of aromatic amines is 2. The molecule has 3 fully saturated rings. The van der Waals surface area contributed by atoms with Crippen molar-refractivity contribution in [2.24, 2.45) is 29.6 Å². The highest BCUT2D eigenvalue weighted by molar-refractivity contribution is 5.87. The van der Waals surface area contributed by atoms with Gasteiger partial charge in [-0.3, -0.25) is 19.3 Å². The first-order chi connectivity index (χ1) is 30.7. The fraction of sp³-hybridized carbons (Fsp3) is 0.480. The number of esters is 1. The molecule has 5 heterocycles. The van der Waals surface area contributed by atoms with Crippen LogP contribution in [-0.4, -0.2) is 111 Å². The third-order valence-electron chi connectivity index (χ3n) is 13.5. The summed E-state index contributed by atoms with van der Waals surface area (Å²) >= 11 is 0. The molecule has 3 amide bonds. The van der Waals surface area contributed by atoms with Crippen LogP contribution in [0.5, 0.6) is 0 Å². The minimum Gasteiger partial charge on any atom is -0.469 e. The zero-order valence-electron chi connectivity index (χ0n) is 38.3. The number of likely N-dealkylation sites (tertiary alicyclic amines) is 3. The number of H-pyrrole nitrogens is 2. The number of carbonyl (C=O) groups is 4. The van der Waals surface area contributed by atoms with Gasteiger partial charge in [0, 0.05) is 19.6 Å². The Morgan fingerprint density at radius 2 is 1.28 bits per heavy atom. The van der Waals surface area contributed by atoms with Crippen molar-refractivity contribution in [3.8, 4) is 33.5 Å². The lowest BCUT2D eigenvalue weighted by atomic mass is 9.99. The summed E-state index contributed by atoms with van der Waals surface area (Å²) < 4.78 is 9.82. The van der Waals surface area contributed by atoms with Gasteiger partial charge in [0.25, 0.3) is 0 Å². The summed E-state index contributed by atoms with van der Waals surface area (Å²) in [7, 11) is 2.72. The van der Waals surface area contributed by atoms with Crippen LogP contribution >= 0.6 is 0 Å². The molecule has 0 spiro atoms. The molecule has 338 valence electrons.